The zero-order valence-electron chi connectivity index (χ0n) is 13.2. The first-order chi connectivity index (χ1) is 9.64. The van der Waals surface area contributed by atoms with Crippen molar-refractivity contribution >= 4 is 12.0 Å². The number of nitrogens with one attached hydrogen (secondary N) is 1. The van der Waals surface area contributed by atoms with E-state index in [0.717, 1.165) is 0 Å². The lowest BCUT2D eigenvalue weighted by Crippen LogP contribution is -2.49. The molecule has 2 amide bonds. The van der Waals surface area contributed by atoms with Crippen molar-refractivity contribution in [1.29, 1.82) is 0 Å². The Balaban J connectivity index is 2.72. The van der Waals surface area contributed by atoms with Gasteiger partial charge in [0.1, 0.15) is 17.8 Å². The van der Waals surface area contributed by atoms with Crippen LogP contribution in [0, 0.1) is 0 Å². The summed E-state index contributed by atoms with van der Waals surface area (Å²) in [5, 5.41) is 2.76. The van der Waals surface area contributed by atoms with Gasteiger partial charge in [0.05, 0.1) is 6.54 Å². The van der Waals surface area contributed by atoms with Crippen molar-refractivity contribution in [3.63, 3.8) is 0 Å². The topological polar surface area (TPSA) is 58.6 Å². The molecule has 1 heterocycles. The first kappa shape index (κ1) is 17.5. The fourth-order valence-electron chi connectivity index (χ4n) is 2.20. The van der Waals surface area contributed by atoms with Crippen molar-refractivity contribution in [3.05, 3.63) is 12.7 Å². The first-order valence-corrected chi connectivity index (χ1v) is 7.19. The predicted octanol–water partition coefficient (Wildman–Crippen LogP) is 2.41. The molecule has 0 aliphatic carbocycles. The maximum Gasteiger partial charge on any atom is 0.411 e. The molecule has 3 atom stereocenters. The molecular formula is C15H25FN2O3. The van der Waals surface area contributed by atoms with Crippen LogP contribution in [0.2, 0.25) is 0 Å². The quantitative estimate of drug-likeness (QED) is 0.811. The minimum absolute atomic E-state index is 0.00584. The molecule has 6 heteroatoms. The number of carbonyl (C=O) groups is 2. The van der Waals surface area contributed by atoms with Gasteiger partial charge in [0.15, 0.2) is 0 Å². The van der Waals surface area contributed by atoms with Crippen molar-refractivity contribution in [1.82, 2.24) is 10.2 Å². The van der Waals surface area contributed by atoms with Crippen LogP contribution in [0.15, 0.2) is 12.7 Å². The average molecular weight is 300 g/mol. The fourth-order valence-corrected chi connectivity index (χ4v) is 2.20. The molecule has 1 N–H and O–H groups in total. The summed E-state index contributed by atoms with van der Waals surface area (Å²) >= 11 is 0. The second kappa shape index (κ2) is 6.91. The van der Waals surface area contributed by atoms with Gasteiger partial charge in [-0.15, -0.1) is 6.58 Å². The van der Waals surface area contributed by atoms with E-state index < -0.39 is 23.9 Å². The number of ether oxygens (including phenoxy) is 1. The highest BCUT2D eigenvalue weighted by molar-refractivity contribution is 5.86. The maximum absolute atomic E-state index is 13.6. The van der Waals surface area contributed by atoms with Crippen LogP contribution in [-0.4, -0.2) is 47.3 Å². The Labute approximate surface area is 125 Å². The number of alkyl halides is 1. The molecule has 0 saturated carbocycles. The number of rotatable bonds is 4. The van der Waals surface area contributed by atoms with Gasteiger partial charge in [0.25, 0.3) is 0 Å². The Hall–Kier alpha value is -1.59. The third kappa shape index (κ3) is 5.36. The van der Waals surface area contributed by atoms with Crippen LogP contribution in [0.3, 0.4) is 0 Å². The second-order valence-electron chi connectivity index (χ2n) is 6.42. The third-order valence-corrected chi connectivity index (χ3v) is 3.09. The van der Waals surface area contributed by atoms with E-state index in [1.807, 2.05) is 6.92 Å². The van der Waals surface area contributed by atoms with Gasteiger partial charge in [-0.2, -0.15) is 0 Å². The zero-order chi connectivity index (χ0) is 16.2. The van der Waals surface area contributed by atoms with E-state index in [2.05, 4.69) is 11.9 Å². The van der Waals surface area contributed by atoms with Crippen LogP contribution in [0.25, 0.3) is 0 Å². The van der Waals surface area contributed by atoms with Gasteiger partial charge in [0.2, 0.25) is 5.91 Å². The predicted molar refractivity (Wildman–Crippen MR) is 78.7 cm³/mol. The van der Waals surface area contributed by atoms with Crippen LogP contribution >= 0.6 is 0 Å². The molecule has 5 nitrogen and oxygen atoms in total. The largest absolute Gasteiger partial charge is 0.444 e. The molecule has 1 rings (SSSR count). The van der Waals surface area contributed by atoms with Crippen molar-refractivity contribution in [2.75, 3.05) is 6.54 Å². The molecule has 120 valence electrons. The Morgan fingerprint density at radius 3 is 2.67 bits per heavy atom. The van der Waals surface area contributed by atoms with Crippen molar-refractivity contribution in [2.24, 2.45) is 0 Å². The molecule has 1 aliphatic heterocycles. The van der Waals surface area contributed by atoms with Crippen LogP contribution in [-0.2, 0) is 9.53 Å². The highest BCUT2D eigenvalue weighted by Gasteiger charge is 2.41. The van der Waals surface area contributed by atoms with Gasteiger partial charge >= 0.3 is 6.09 Å². The smallest absolute Gasteiger partial charge is 0.411 e. The van der Waals surface area contributed by atoms with E-state index in [1.54, 1.807) is 26.8 Å². The third-order valence-electron chi connectivity index (χ3n) is 3.09. The molecule has 2 unspecified atom stereocenters. The molecule has 1 saturated heterocycles. The number of likely N-dealkylation sites (tertiary alicyclic amines) is 1. The number of halogens is 1. The van der Waals surface area contributed by atoms with Gasteiger partial charge in [-0.05, 0) is 34.1 Å². The van der Waals surface area contributed by atoms with Gasteiger partial charge in [0, 0.05) is 12.5 Å². The summed E-state index contributed by atoms with van der Waals surface area (Å²) in [6.07, 6.45) is 0.459. The molecule has 0 aromatic carbocycles. The van der Waals surface area contributed by atoms with E-state index in [4.69, 9.17) is 4.74 Å². The molecule has 0 aromatic heterocycles. The van der Waals surface area contributed by atoms with E-state index >= 15 is 0 Å². The fraction of sp³-hybridized carbons (Fsp3) is 0.733. The molecule has 1 fully saturated rings. The van der Waals surface area contributed by atoms with Gasteiger partial charge in [-0.25, -0.2) is 9.18 Å². The summed E-state index contributed by atoms with van der Waals surface area (Å²) < 4.78 is 18.8. The Morgan fingerprint density at radius 2 is 2.14 bits per heavy atom. The number of carbonyl (C=O) groups excluding carboxylic acids is 2. The summed E-state index contributed by atoms with van der Waals surface area (Å²) in [7, 11) is 0. The molecular weight excluding hydrogens is 275 g/mol. The average Bonchev–Trinajstić information content (AvgIpc) is 2.69. The lowest BCUT2D eigenvalue weighted by atomic mass is 10.1. The molecule has 0 radical (unpaired) electrons. The summed E-state index contributed by atoms with van der Waals surface area (Å²) in [5.74, 6) is -0.352. The maximum atomic E-state index is 13.6. The minimum atomic E-state index is -1.21. The SMILES string of the molecule is C=CCC(C)NC(=O)C1C[C@@H](F)CN1C(=O)OC(C)(C)C. The molecule has 1 aliphatic rings. The molecule has 0 aromatic rings. The molecule has 0 spiro atoms. The highest BCUT2D eigenvalue weighted by Crippen LogP contribution is 2.23. The van der Waals surface area contributed by atoms with E-state index in [9.17, 15) is 14.0 Å². The monoisotopic (exact) mass is 300 g/mol. The highest BCUT2D eigenvalue weighted by atomic mass is 19.1. The minimum Gasteiger partial charge on any atom is -0.444 e. The van der Waals surface area contributed by atoms with Crippen molar-refractivity contribution in [2.45, 2.75) is 64.4 Å². The Bertz CT molecular complexity index is 406. The summed E-state index contributed by atoms with van der Waals surface area (Å²) in [4.78, 5) is 25.4. The van der Waals surface area contributed by atoms with Gasteiger partial charge < -0.3 is 10.1 Å². The number of hydrogen-bond donors (Lipinski definition) is 1. The van der Waals surface area contributed by atoms with Crippen LogP contribution in [0.5, 0.6) is 0 Å². The number of nitrogens with zero attached hydrogens (tertiary/aromatic N) is 1. The number of amides is 2. The second-order valence-corrected chi connectivity index (χ2v) is 6.42. The standard InChI is InChI=1S/C15H25FN2O3/c1-6-7-10(2)17-13(19)12-8-11(16)9-18(12)14(20)21-15(3,4)5/h6,10-12H,1,7-9H2,2-5H3,(H,17,19)/t10?,11-,12?/m1/s1. The molecule has 0 bridgehead atoms. The normalized spacial score (nSPS) is 23.6. The zero-order valence-corrected chi connectivity index (χ0v) is 13.2. The van der Waals surface area contributed by atoms with Crippen LogP contribution in [0.1, 0.15) is 40.5 Å². The lowest BCUT2D eigenvalue weighted by Gasteiger charge is -2.28. The summed E-state index contributed by atoms with van der Waals surface area (Å²) in [6, 6.07) is -0.920. The van der Waals surface area contributed by atoms with Crippen molar-refractivity contribution < 1.29 is 18.7 Å². The van der Waals surface area contributed by atoms with E-state index in [1.165, 1.54) is 4.90 Å². The first-order valence-electron chi connectivity index (χ1n) is 7.19. The Kier molecular flexibility index (Phi) is 5.75. The summed E-state index contributed by atoms with van der Waals surface area (Å²) in [6.45, 7) is 10.5. The Morgan fingerprint density at radius 1 is 1.52 bits per heavy atom. The van der Waals surface area contributed by atoms with Crippen LogP contribution in [0.4, 0.5) is 9.18 Å². The summed E-state index contributed by atoms with van der Waals surface area (Å²) in [5.41, 5.74) is -0.678. The van der Waals surface area contributed by atoms with Gasteiger partial charge in [-0.3, -0.25) is 9.69 Å². The van der Waals surface area contributed by atoms with Crippen molar-refractivity contribution in [3.8, 4) is 0 Å². The van der Waals surface area contributed by atoms with Crippen LogP contribution < -0.4 is 5.32 Å². The molecule has 21 heavy (non-hydrogen) atoms. The van der Waals surface area contributed by atoms with E-state index in [-0.39, 0.29) is 24.9 Å². The van der Waals surface area contributed by atoms with E-state index in [0.29, 0.717) is 6.42 Å². The van der Waals surface area contributed by atoms with Gasteiger partial charge in [-0.1, -0.05) is 6.08 Å². The lowest BCUT2D eigenvalue weighted by molar-refractivity contribution is -0.126. The number of hydrogen-bond acceptors (Lipinski definition) is 3.